The van der Waals surface area contributed by atoms with Crippen LogP contribution in [0.5, 0.6) is 0 Å². The molecule has 3 amide bonds. The molecule has 0 saturated carbocycles. The second-order valence-corrected chi connectivity index (χ2v) is 11.4. The van der Waals surface area contributed by atoms with Gasteiger partial charge >= 0.3 is 6.03 Å². The van der Waals surface area contributed by atoms with Gasteiger partial charge < -0.3 is 15.1 Å². The number of amides is 3. The number of nitrogens with zero attached hydrogens (tertiary/aromatic N) is 3. The number of para-hydroxylation sites is 2. The molecule has 2 aliphatic rings. The minimum atomic E-state index is -0.393. The Morgan fingerprint density at radius 2 is 1.32 bits per heavy atom. The van der Waals surface area contributed by atoms with Crippen molar-refractivity contribution in [3.05, 3.63) is 110 Å². The van der Waals surface area contributed by atoms with Crippen LogP contribution in [0, 0.1) is 0 Å². The quantitative estimate of drug-likeness (QED) is 0.248. The van der Waals surface area contributed by atoms with Crippen molar-refractivity contribution in [1.29, 1.82) is 0 Å². The first-order valence-corrected chi connectivity index (χ1v) is 14.6. The molecule has 0 spiro atoms. The van der Waals surface area contributed by atoms with Gasteiger partial charge in [0.1, 0.15) is 0 Å². The average molecular weight is 626 g/mol. The van der Waals surface area contributed by atoms with Crippen LogP contribution in [-0.4, -0.2) is 43.0 Å². The van der Waals surface area contributed by atoms with Crippen LogP contribution in [0.2, 0.25) is 20.1 Å². The normalized spacial score (nSPS) is 15.0. The van der Waals surface area contributed by atoms with Crippen molar-refractivity contribution in [2.45, 2.75) is 6.54 Å². The third-order valence-electron chi connectivity index (χ3n) is 7.42. The van der Waals surface area contributed by atoms with E-state index in [-0.39, 0.29) is 12.5 Å². The van der Waals surface area contributed by atoms with Gasteiger partial charge in [0.15, 0.2) is 0 Å². The van der Waals surface area contributed by atoms with Crippen LogP contribution < -0.4 is 15.1 Å². The Morgan fingerprint density at radius 1 is 0.683 bits per heavy atom. The Morgan fingerprint density at radius 3 is 2.00 bits per heavy atom. The number of halogens is 4. The second-order valence-electron chi connectivity index (χ2n) is 9.80. The second kappa shape index (κ2) is 11.5. The molecule has 2 heterocycles. The van der Waals surface area contributed by atoms with Crippen molar-refractivity contribution >= 4 is 75.4 Å². The highest BCUT2D eigenvalue weighted by molar-refractivity contribution is 6.40. The predicted molar refractivity (Wildman–Crippen MR) is 167 cm³/mol. The van der Waals surface area contributed by atoms with Crippen LogP contribution in [0.1, 0.15) is 15.9 Å². The molecular weight excluding hydrogens is 602 g/mol. The van der Waals surface area contributed by atoms with E-state index in [1.807, 2.05) is 53.4 Å². The average Bonchev–Trinajstić information content (AvgIpc) is 2.98. The molecule has 1 N–H and O–H groups in total. The number of carbonyl (C=O) groups is 2. The molecule has 2 aliphatic heterocycles. The van der Waals surface area contributed by atoms with Gasteiger partial charge in [0.25, 0.3) is 5.91 Å². The van der Waals surface area contributed by atoms with Crippen LogP contribution in [0.15, 0.2) is 78.9 Å². The fourth-order valence-electron chi connectivity index (χ4n) is 5.40. The number of nitrogens with one attached hydrogen (secondary N) is 1. The van der Waals surface area contributed by atoms with Crippen LogP contribution in [0.4, 0.5) is 21.9 Å². The summed E-state index contributed by atoms with van der Waals surface area (Å²) in [6.07, 6.45) is 0. The predicted octanol–water partition coefficient (Wildman–Crippen LogP) is 8.29. The lowest BCUT2D eigenvalue weighted by molar-refractivity contribution is 0.0747. The van der Waals surface area contributed by atoms with Gasteiger partial charge in [0, 0.05) is 54.4 Å². The molecule has 41 heavy (non-hydrogen) atoms. The number of rotatable bonds is 4. The maximum absolute atomic E-state index is 14.0. The van der Waals surface area contributed by atoms with Crippen LogP contribution in [0.3, 0.4) is 0 Å². The number of fused-ring (bicyclic) bond motifs is 1. The van der Waals surface area contributed by atoms with Gasteiger partial charge in [-0.2, -0.15) is 0 Å². The topological polar surface area (TPSA) is 55.9 Å². The maximum atomic E-state index is 14.0. The molecule has 10 heteroatoms. The van der Waals surface area contributed by atoms with E-state index in [0.29, 0.717) is 63.2 Å². The number of anilines is 3. The van der Waals surface area contributed by atoms with Crippen molar-refractivity contribution in [3.63, 3.8) is 0 Å². The smallest absolute Gasteiger partial charge is 0.326 e. The number of benzene rings is 4. The molecular formula is C31H24Cl4N4O2. The van der Waals surface area contributed by atoms with Crippen LogP contribution in [-0.2, 0) is 6.54 Å². The number of hydrogen-bond donors (Lipinski definition) is 1. The van der Waals surface area contributed by atoms with E-state index in [4.69, 9.17) is 46.4 Å². The van der Waals surface area contributed by atoms with E-state index in [1.165, 1.54) is 4.90 Å². The van der Waals surface area contributed by atoms with Crippen LogP contribution in [0.25, 0.3) is 11.1 Å². The van der Waals surface area contributed by atoms with Crippen molar-refractivity contribution < 1.29 is 9.59 Å². The van der Waals surface area contributed by atoms with E-state index in [1.54, 1.807) is 30.3 Å². The SMILES string of the molecule is O=C(c1cc(-c2ccccc2Cl)c2c(c1)N(c1c(Cl)cccc1Cl)C(=O)NC2)N1CCN(c2ccccc2Cl)CC1. The lowest BCUT2D eigenvalue weighted by Gasteiger charge is -2.37. The molecule has 0 atom stereocenters. The summed E-state index contributed by atoms with van der Waals surface area (Å²) in [7, 11) is 0. The summed E-state index contributed by atoms with van der Waals surface area (Å²) >= 11 is 26.2. The number of carbonyl (C=O) groups excluding carboxylic acids is 2. The highest BCUT2D eigenvalue weighted by Crippen LogP contribution is 2.45. The highest BCUT2D eigenvalue weighted by atomic mass is 35.5. The first kappa shape index (κ1) is 27.7. The molecule has 1 saturated heterocycles. The lowest BCUT2D eigenvalue weighted by Crippen LogP contribution is -2.49. The molecule has 208 valence electrons. The Kier molecular flexibility index (Phi) is 7.75. The number of piperazine rings is 1. The van der Waals surface area contributed by atoms with Crippen molar-refractivity contribution in [2.75, 3.05) is 36.0 Å². The van der Waals surface area contributed by atoms with Gasteiger partial charge in [0.2, 0.25) is 0 Å². The first-order chi connectivity index (χ1) is 19.8. The largest absolute Gasteiger partial charge is 0.367 e. The summed E-state index contributed by atoms with van der Waals surface area (Å²) in [6, 6.07) is 23.4. The van der Waals surface area contributed by atoms with Crippen LogP contribution >= 0.6 is 46.4 Å². The minimum absolute atomic E-state index is 0.143. The summed E-state index contributed by atoms with van der Waals surface area (Å²) < 4.78 is 0. The molecule has 4 aromatic rings. The molecule has 4 aromatic carbocycles. The zero-order valence-electron chi connectivity index (χ0n) is 21.7. The molecule has 0 radical (unpaired) electrons. The Bertz CT molecular complexity index is 1650. The minimum Gasteiger partial charge on any atom is -0.367 e. The molecule has 6 nitrogen and oxygen atoms in total. The van der Waals surface area contributed by atoms with E-state index in [2.05, 4.69) is 10.2 Å². The summed E-state index contributed by atoms with van der Waals surface area (Å²) in [5.41, 5.74) is 4.57. The summed E-state index contributed by atoms with van der Waals surface area (Å²) in [5, 5.41) is 4.76. The van der Waals surface area contributed by atoms with E-state index >= 15 is 0 Å². The fourth-order valence-corrected chi connectivity index (χ4v) is 6.46. The Hall–Kier alpha value is -3.42. The van der Waals surface area contributed by atoms with E-state index in [9.17, 15) is 9.59 Å². The Labute approximate surface area is 258 Å². The van der Waals surface area contributed by atoms with E-state index in [0.717, 1.165) is 22.4 Å². The zero-order chi connectivity index (χ0) is 28.7. The molecule has 0 aromatic heterocycles. The summed E-state index contributed by atoms with van der Waals surface area (Å²) in [5.74, 6) is -0.143. The highest BCUT2D eigenvalue weighted by Gasteiger charge is 2.33. The van der Waals surface area contributed by atoms with E-state index < -0.39 is 6.03 Å². The van der Waals surface area contributed by atoms with Crippen molar-refractivity contribution in [1.82, 2.24) is 10.2 Å². The first-order valence-electron chi connectivity index (χ1n) is 13.1. The molecule has 0 unspecified atom stereocenters. The van der Waals surface area contributed by atoms with Gasteiger partial charge in [-0.05, 0) is 48.0 Å². The number of hydrogen-bond acceptors (Lipinski definition) is 3. The third kappa shape index (κ3) is 5.22. The summed E-state index contributed by atoms with van der Waals surface area (Å²) in [4.78, 5) is 32.8. The monoisotopic (exact) mass is 624 g/mol. The van der Waals surface area contributed by atoms with Gasteiger partial charge in [0.05, 0.1) is 32.1 Å². The molecule has 0 bridgehead atoms. The van der Waals surface area contributed by atoms with Gasteiger partial charge in [-0.1, -0.05) is 82.8 Å². The van der Waals surface area contributed by atoms with Gasteiger partial charge in [-0.15, -0.1) is 0 Å². The summed E-state index contributed by atoms with van der Waals surface area (Å²) in [6.45, 7) is 2.56. The molecule has 6 rings (SSSR count). The van der Waals surface area contributed by atoms with Crippen molar-refractivity contribution in [2.24, 2.45) is 0 Å². The lowest BCUT2D eigenvalue weighted by atomic mass is 9.93. The third-order valence-corrected chi connectivity index (χ3v) is 8.68. The fraction of sp³-hybridized carbons (Fsp3) is 0.161. The standard InChI is InChI=1S/C31H24Cl4N4O2/c32-23-7-2-1-6-20(23)21-16-19(30(40)38-14-12-37(13-15-38)27-11-4-3-8-24(27)33)17-28-22(21)18-36-31(41)39(28)29-25(34)9-5-10-26(29)35/h1-11,16-17H,12-15,18H2,(H,36,41). The van der Waals surface area contributed by atoms with Crippen molar-refractivity contribution in [3.8, 4) is 11.1 Å². The Balaban J connectivity index is 1.42. The maximum Gasteiger partial charge on any atom is 0.326 e. The van der Waals surface area contributed by atoms with Gasteiger partial charge in [-0.25, -0.2) is 4.79 Å². The molecule has 1 fully saturated rings. The van der Waals surface area contributed by atoms with Gasteiger partial charge in [-0.3, -0.25) is 9.69 Å². The zero-order valence-corrected chi connectivity index (χ0v) is 24.7. The number of urea groups is 1. The molecule has 0 aliphatic carbocycles.